The summed E-state index contributed by atoms with van der Waals surface area (Å²) >= 11 is 0. The zero-order chi connectivity index (χ0) is 19.5. The van der Waals surface area contributed by atoms with E-state index in [1.807, 2.05) is 21.9 Å². The summed E-state index contributed by atoms with van der Waals surface area (Å²) in [4.78, 5) is 35.3. The molecule has 1 atom stereocenters. The maximum atomic E-state index is 12.8. The van der Waals surface area contributed by atoms with Gasteiger partial charge in [0.25, 0.3) is 5.91 Å². The number of carbonyl (C=O) groups is 2. The number of aromatic nitrogens is 1. The molecule has 7 nitrogen and oxygen atoms in total. The third kappa shape index (κ3) is 4.14. The summed E-state index contributed by atoms with van der Waals surface area (Å²) in [5, 5.41) is 0. The number of piperidine rings is 1. The fourth-order valence-corrected chi connectivity index (χ4v) is 4.64. The Morgan fingerprint density at radius 1 is 1.11 bits per heavy atom. The quantitative estimate of drug-likeness (QED) is 0.827. The molecule has 152 valence electrons. The molecule has 3 aliphatic heterocycles. The van der Waals surface area contributed by atoms with Gasteiger partial charge in [0, 0.05) is 51.9 Å². The lowest BCUT2D eigenvalue weighted by Gasteiger charge is -2.34. The summed E-state index contributed by atoms with van der Waals surface area (Å²) in [6.45, 7) is 5.93. The first-order valence-corrected chi connectivity index (χ1v) is 10.6. The molecule has 4 heterocycles. The number of hydrogen-bond donors (Lipinski definition) is 1. The van der Waals surface area contributed by atoms with E-state index in [9.17, 15) is 9.59 Å². The largest absolute Gasteiger partial charge is 0.356 e. The van der Waals surface area contributed by atoms with Crippen LogP contribution in [0, 0.1) is 11.8 Å². The van der Waals surface area contributed by atoms with Crippen LogP contribution in [0.5, 0.6) is 0 Å². The average Bonchev–Trinajstić information content (AvgIpc) is 3.37. The van der Waals surface area contributed by atoms with Crippen molar-refractivity contribution < 1.29 is 9.59 Å². The van der Waals surface area contributed by atoms with Crippen LogP contribution in [0.25, 0.3) is 0 Å². The van der Waals surface area contributed by atoms with Crippen LogP contribution in [-0.4, -0.2) is 72.4 Å². The number of anilines is 1. The van der Waals surface area contributed by atoms with Gasteiger partial charge in [0.2, 0.25) is 5.91 Å². The second-order valence-corrected chi connectivity index (χ2v) is 8.42. The van der Waals surface area contributed by atoms with Gasteiger partial charge in [0.05, 0.1) is 5.56 Å². The third-order valence-electron chi connectivity index (χ3n) is 6.49. The first kappa shape index (κ1) is 19.2. The zero-order valence-electron chi connectivity index (χ0n) is 16.6. The topological polar surface area (TPSA) is 82.8 Å². The van der Waals surface area contributed by atoms with E-state index >= 15 is 0 Å². The van der Waals surface area contributed by atoms with E-state index in [0.29, 0.717) is 29.7 Å². The number of rotatable bonds is 5. The van der Waals surface area contributed by atoms with Gasteiger partial charge in [-0.2, -0.15) is 0 Å². The van der Waals surface area contributed by atoms with E-state index in [2.05, 4.69) is 9.88 Å². The van der Waals surface area contributed by atoms with Crippen LogP contribution in [0.4, 0.5) is 5.82 Å². The summed E-state index contributed by atoms with van der Waals surface area (Å²) in [5.74, 6) is 2.34. The van der Waals surface area contributed by atoms with E-state index in [4.69, 9.17) is 5.73 Å². The Hall–Kier alpha value is -2.15. The van der Waals surface area contributed by atoms with E-state index in [0.717, 1.165) is 77.3 Å². The number of likely N-dealkylation sites (tertiary alicyclic amines) is 2. The van der Waals surface area contributed by atoms with Crippen molar-refractivity contribution in [2.45, 2.75) is 32.1 Å². The highest BCUT2D eigenvalue weighted by atomic mass is 16.2. The number of amides is 2. The second-order valence-electron chi connectivity index (χ2n) is 8.42. The van der Waals surface area contributed by atoms with Gasteiger partial charge in [-0.15, -0.1) is 0 Å². The Bertz CT molecular complexity index is 699. The molecule has 7 heteroatoms. The molecular weight excluding hydrogens is 354 g/mol. The van der Waals surface area contributed by atoms with Crippen LogP contribution in [0.3, 0.4) is 0 Å². The van der Waals surface area contributed by atoms with E-state index in [1.165, 1.54) is 0 Å². The molecule has 3 saturated heterocycles. The van der Waals surface area contributed by atoms with E-state index in [1.54, 1.807) is 6.20 Å². The van der Waals surface area contributed by atoms with Crippen LogP contribution < -0.4 is 10.6 Å². The number of nitrogens with two attached hydrogens (primary N) is 1. The lowest BCUT2D eigenvalue weighted by Crippen LogP contribution is -2.41. The maximum Gasteiger partial charge on any atom is 0.255 e. The van der Waals surface area contributed by atoms with Gasteiger partial charge in [-0.3, -0.25) is 9.59 Å². The highest BCUT2D eigenvalue weighted by Crippen LogP contribution is 2.24. The molecular formula is C21H31N5O2. The van der Waals surface area contributed by atoms with Crippen molar-refractivity contribution in [1.82, 2.24) is 14.8 Å². The molecule has 2 amide bonds. The highest BCUT2D eigenvalue weighted by Gasteiger charge is 2.28. The van der Waals surface area contributed by atoms with E-state index in [-0.39, 0.29) is 5.91 Å². The van der Waals surface area contributed by atoms with Crippen LogP contribution in [0.15, 0.2) is 18.3 Å². The van der Waals surface area contributed by atoms with Gasteiger partial charge in [-0.05, 0) is 56.2 Å². The van der Waals surface area contributed by atoms with Crippen molar-refractivity contribution in [3.8, 4) is 0 Å². The normalized spacial score (nSPS) is 23.7. The molecule has 0 radical (unpaired) electrons. The first-order chi connectivity index (χ1) is 13.6. The standard InChI is InChI=1S/C21H31N5O2/c22-12-17-7-11-25(15-17)19-4-3-18(13-23-19)21(28)24-9-5-16(6-10-24)14-26-8-1-2-20(26)27/h3-4,13,16-17H,1-2,5-12,14-15,22H2. The Labute approximate surface area is 166 Å². The van der Waals surface area contributed by atoms with Gasteiger partial charge in [-0.25, -0.2) is 4.98 Å². The van der Waals surface area contributed by atoms with Crippen LogP contribution >= 0.6 is 0 Å². The lowest BCUT2D eigenvalue weighted by atomic mass is 9.96. The Balaban J connectivity index is 1.28. The molecule has 1 aromatic heterocycles. The fraction of sp³-hybridized carbons (Fsp3) is 0.667. The second kappa shape index (κ2) is 8.47. The first-order valence-electron chi connectivity index (χ1n) is 10.6. The zero-order valence-corrected chi connectivity index (χ0v) is 16.6. The summed E-state index contributed by atoms with van der Waals surface area (Å²) in [6, 6.07) is 3.85. The third-order valence-corrected chi connectivity index (χ3v) is 6.49. The van der Waals surface area contributed by atoms with Crippen LogP contribution in [0.2, 0.25) is 0 Å². The van der Waals surface area contributed by atoms with Gasteiger partial charge in [0.1, 0.15) is 5.82 Å². The van der Waals surface area contributed by atoms with Crippen LogP contribution in [0.1, 0.15) is 42.5 Å². The molecule has 1 unspecified atom stereocenters. The fourth-order valence-electron chi connectivity index (χ4n) is 4.64. The lowest BCUT2D eigenvalue weighted by molar-refractivity contribution is -0.128. The smallest absolute Gasteiger partial charge is 0.255 e. The summed E-state index contributed by atoms with van der Waals surface area (Å²) in [5.41, 5.74) is 6.42. The average molecular weight is 386 g/mol. The molecule has 0 aliphatic carbocycles. The Morgan fingerprint density at radius 2 is 1.89 bits per heavy atom. The number of nitrogens with zero attached hydrogens (tertiary/aromatic N) is 4. The Kier molecular flexibility index (Phi) is 5.80. The minimum Gasteiger partial charge on any atom is -0.356 e. The predicted octanol–water partition coefficient (Wildman–Crippen LogP) is 1.34. The molecule has 3 fully saturated rings. The minimum atomic E-state index is 0.0657. The molecule has 3 aliphatic rings. The Morgan fingerprint density at radius 3 is 2.50 bits per heavy atom. The van der Waals surface area contributed by atoms with Crippen LogP contribution in [-0.2, 0) is 4.79 Å². The monoisotopic (exact) mass is 385 g/mol. The van der Waals surface area contributed by atoms with Crippen molar-refractivity contribution in [3.63, 3.8) is 0 Å². The molecule has 0 aromatic carbocycles. The number of hydrogen-bond acceptors (Lipinski definition) is 5. The van der Waals surface area contributed by atoms with Gasteiger partial charge < -0.3 is 20.4 Å². The molecule has 2 N–H and O–H groups in total. The molecule has 4 rings (SSSR count). The summed E-state index contributed by atoms with van der Waals surface area (Å²) in [7, 11) is 0. The molecule has 28 heavy (non-hydrogen) atoms. The summed E-state index contributed by atoms with van der Waals surface area (Å²) in [6.07, 6.45) is 6.44. The SMILES string of the molecule is NCC1CCN(c2ccc(C(=O)N3CCC(CN4CCCC4=O)CC3)cn2)C1. The van der Waals surface area contributed by atoms with Crippen molar-refractivity contribution in [1.29, 1.82) is 0 Å². The molecule has 0 saturated carbocycles. The van der Waals surface area contributed by atoms with Gasteiger partial charge >= 0.3 is 0 Å². The predicted molar refractivity (Wildman–Crippen MR) is 108 cm³/mol. The molecule has 1 aromatic rings. The minimum absolute atomic E-state index is 0.0657. The van der Waals surface area contributed by atoms with Crippen molar-refractivity contribution in [2.75, 3.05) is 50.7 Å². The van der Waals surface area contributed by atoms with Gasteiger partial charge in [-0.1, -0.05) is 0 Å². The maximum absolute atomic E-state index is 12.8. The van der Waals surface area contributed by atoms with Crippen molar-refractivity contribution >= 4 is 17.6 Å². The number of carbonyl (C=O) groups excluding carboxylic acids is 2. The summed E-state index contributed by atoms with van der Waals surface area (Å²) < 4.78 is 0. The molecule has 0 bridgehead atoms. The highest BCUT2D eigenvalue weighted by molar-refractivity contribution is 5.94. The van der Waals surface area contributed by atoms with Crippen molar-refractivity contribution in [3.05, 3.63) is 23.9 Å². The van der Waals surface area contributed by atoms with E-state index < -0.39 is 0 Å². The number of pyridine rings is 1. The van der Waals surface area contributed by atoms with Gasteiger partial charge in [0.15, 0.2) is 0 Å². The molecule has 0 spiro atoms. The van der Waals surface area contributed by atoms with Crippen molar-refractivity contribution in [2.24, 2.45) is 17.6 Å².